The fraction of sp³-hybridized carbons (Fsp3) is 0.769. The number of thioether (sulfide) groups is 1. The summed E-state index contributed by atoms with van der Waals surface area (Å²) < 4.78 is 1.97. The lowest BCUT2D eigenvalue weighted by molar-refractivity contribution is 0.721. The van der Waals surface area contributed by atoms with Crippen LogP contribution in [-0.4, -0.2) is 45.8 Å². The molecule has 0 atom stereocenters. The summed E-state index contributed by atoms with van der Waals surface area (Å²) in [5, 5.41) is 14.9. The molecule has 0 radical (unpaired) electrons. The molecule has 1 heterocycles. The smallest absolute Gasteiger partial charge is 0.191 e. The van der Waals surface area contributed by atoms with Crippen LogP contribution in [0.3, 0.4) is 0 Å². The summed E-state index contributed by atoms with van der Waals surface area (Å²) in [5.74, 6) is 3.71. The average molecular weight is 426 g/mol. The van der Waals surface area contributed by atoms with Crippen molar-refractivity contribution in [3.05, 3.63) is 11.6 Å². The number of hydrogen-bond donors (Lipinski definition) is 2. The maximum Gasteiger partial charge on any atom is 0.191 e. The molecule has 0 spiro atoms. The van der Waals surface area contributed by atoms with Gasteiger partial charge in [-0.05, 0) is 19.6 Å². The molecule has 1 rings (SSSR count). The van der Waals surface area contributed by atoms with E-state index < -0.39 is 0 Å². The fourth-order valence-electron chi connectivity index (χ4n) is 1.57. The van der Waals surface area contributed by atoms with Crippen molar-refractivity contribution in [2.75, 3.05) is 25.1 Å². The third kappa shape index (κ3) is 7.89. The van der Waals surface area contributed by atoms with Crippen LogP contribution in [0.4, 0.5) is 0 Å². The third-order valence-electron chi connectivity index (χ3n) is 2.98. The molecular formula is C13H27IN6S. The van der Waals surface area contributed by atoms with Crippen LogP contribution in [0.15, 0.2) is 4.99 Å². The van der Waals surface area contributed by atoms with Crippen molar-refractivity contribution in [3.63, 3.8) is 0 Å². The van der Waals surface area contributed by atoms with Gasteiger partial charge in [0.25, 0.3) is 0 Å². The Hall–Kier alpha value is -0.510. The van der Waals surface area contributed by atoms with E-state index in [4.69, 9.17) is 0 Å². The van der Waals surface area contributed by atoms with E-state index in [0.717, 1.165) is 42.9 Å². The first kappa shape index (κ1) is 20.5. The van der Waals surface area contributed by atoms with E-state index in [-0.39, 0.29) is 24.0 Å². The first-order chi connectivity index (χ1) is 9.69. The van der Waals surface area contributed by atoms with E-state index in [9.17, 15) is 0 Å². The van der Waals surface area contributed by atoms with E-state index in [1.807, 2.05) is 30.3 Å². The Morgan fingerprint density at radius 2 is 2.00 bits per heavy atom. The number of halogens is 1. The summed E-state index contributed by atoms with van der Waals surface area (Å²) in [6, 6.07) is 0. The molecule has 0 bridgehead atoms. The molecule has 0 aliphatic heterocycles. The van der Waals surface area contributed by atoms with E-state index in [0.29, 0.717) is 6.54 Å². The van der Waals surface area contributed by atoms with Crippen LogP contribution in [0.5, 0.6) is 0 Å². The molecule has 0 amide bonds. The molecule has 0 aliphatic rings. The van der Waals surface area contributed by atoms with Gasteiger partial charge in [0.05, 0.1) is 0 Å². The van der Waals surface area contributed by atoms with Gasteiger partial charge in [-0.3, -0.25) is 0 Å². The Kier molecular flexibility index (Phi) is 11.8. The van der Waals surface area contributed by atoms with Crippen molar-refractivity contribution in [3.8, 4) is 0 Å². The molecule has 0 fully saturated rings. The molecule has 2 N–H and O–H groups in total. The number of aliphatic imine (C=N–C) groups is 1. The number of nitrogens with one attached hydrogen (secondary N) is 2. The zero-order chi connectivity index (χ0) is 14.8. The number of guanidine groups is 1. The molecule has 122 valence electrons. The van der Waals surface area contributed by atoms with Gasteiger partial charge >= 0.3 is 0 Å². The van der Waals surface area contributed by atoms with Crippen molar-refractivity contribution < 1.29 is 0 Å². The van der Waals surface area contributed by atoms with Crippen LogP contribution in [0, 0.1) is 6.92 Å². The van der Waals surface area contributed by atoms with Crippen LogP contribution in [0.2, 0.25) is 0 Å². The molecule has 1 aromatic heterocycles. The summed E-state index contributed by atoms with van der Waals surface area (Å²) in [5.41, 5.74) is 0. The first-order valence-corrected chi connectivity index (χ1v) is 8.44. The van der Waals surface area contributed by atoms with Gasteiger partial charge in [0.2, 0.25) is 0 Å². The van der Waals surface area contributed by atoms with Crippen LogP contribution in [0.25, 0.3) is 0 Å². The Balaban J connectivity index is 0.00000400. The highest BCUT2D eigenvalue weighted by molar-refractivity contribution is 14.0. The van der Waals surface area contributed by atoms with E-state index >= 15 is 0 Å². The molecule has 0 saturated heterocycles. The minimum atomic E-state index is 0. The Labute approximate surface area is 149 Å². The number of aromatic nitrogens is 3. The molecule has 0 unspecified atom stereocenters. The number of nitrogens with zero attached hydrogens (tertiary/aromatic N) is 4. The Morgan fingerprint density at radius 1 is 1.29 bits per heavy atom. The monoisotopic (exact) mass is 426 g/mol. The van der Waals surface area contributed by atoms with Crippen molar-refractivity contribution >= 4 is 41.7 Å². The lowest BCUT2D eigenvalue weighted by Crippen LogP contribution is -2.39. The van der Waals surface area contributed by atoms with E-state index in [1.54, 1.807) is 0 Å². The standard InChI is InChI=1S/C13H26N6S.HI/c1-5-6-7-14-13(15-8-9-20-4)16-10-12-18-17-11(2)19(12)3;/h5-10H2,1-4H3,(H2,14,15,16);1H. The van der Waals surface area contributed by atoms with Gasteiger partial charge in [0.15, 0.2) is 11.8 Å². The van der Waals surface area contributed by atoms with Crippen molar-refractivity contribution in [1.29, 1.82) is 0 Å². The predicted octanol–water partition coefficient (Wildman–Crippen LogP) is 1.94. The average Bonchev–Trinajstić information content (AvgIpc) is 2.76. The predicted molar refractivity (Wildman–Crippen MR) is 102 cm³/mol. The minimum Gasteiger partial charge on any atom is -0.356 e. The highest BCUT2D eigenvalue weighted by Crippen LogP contribution is 1.99. The summed E-state index contributed by atoms with van der Waals surface area (Å²) in [6.45, 7) is 6.52. The first-order valence-electron chi connectivity index (χ1n) is 7.05. The third-order valence-corrected chi connectivity index (χ3v) is 3.60. The van der Waals surface area contributed by atoms with Gasteiger partial charge in [0, 0.05) is 25.9 Å². The van der Waals surface area contributed by atoms with Gasteiger partial charge in [-0.25, -0.2) is 4.99 Å². The summed E-state index contributed by atoms with van der Waals surface area (Å²) in [6.07, 6.45) is 4.42. The van der Waals surface area contributed by atoms with E-state index in [2.05, 4.69) is 39.0 Å². The largest absolute Gasteiger partial charge is 0.356 e. The maximum atomic E-state index is 4.57. The highest BCUT2D eigenvalue weighted by atomic mass is 127. The fourth-order valence-corrected chi connectivity index (χ4v) is 1.87. The molecular weight excluding hydrogens is 399 g/mol. The number of aryl methyl sites for hydroxylation is 1. The minimum absolute atomic E-state index is 0. The van der Waals surface area contributed by atoms with Crippen molar-refractivity contribution in [1.82, 2.24) is 25.4 Å². The van der Waals surface area contributed by atoms with Gasteiger partial charge in [-0.1, -0.05) is 13.3 Å². The molecule has 1 aromatic rings. The molecule has 6 nitrogen and oxygen atoms in total. The van der Waals surface area contributed by atoms with Crippen LogP contribution in [0.1, 0.15) is 31.4 Å². The van der Waals surface area contributed by atoms with Crippen LogP contribution < -0.4 is 10.6 Å². The topological polar surface area (TPSA) is 67.1 Å². The highest BCUT2D eigenvalue weighted by Gasteiger charge is 2.04. The molecule has 0 saturated carbocycles. The quantitative estimate of drug-likeness (QED) is 0.288. The van der Waals surface area contributed by atoms with Crippen LogP contribution in [-0.2, 0) is 13.6 Å². The second kappa shape index (κ2) is 12.1. The Bertz CT molecular complexity index is 409. The number of unbranched alkanes of at least 4 members (excludes halogenated alkanes) is 1. The molecule has 0 aliphatic carbocycles. The van der Waals surface area contributed by atoms with Gasteiger partial charge < -0.3 is 15.2 Å². The lowest BCUT2D eigenvalue weighted by atomic mass is 10.3. The molecule has 21 heavy (non-hydrogen) atoms. The normalized spacial score (nSPS) is 11.1. The van der Waals surface area contributed by atoms with Crippen molar-refractivity contribution in [2.45, 2.75) is 33.2 Å². The molecule has 8 heteroatoms. The SMILES string of the molecule is CCCCNC(=NCc1nnc(C)n1C)NCCSC.I. The zero-order valence-electron chi connectivity index (χ0n) is 13.3. The summed E-state index contributed by atoms with van der Waals surface area (Å²) in [4.78, 5) is 4.57. The second-order valence-electron chi connectivity index (χ2n) is 4.59. The second-order valence-corrected chi connectivity index (χ2v) is 5.57. The van der Waals surface area contributed by atoms with Gasteiger partial charge in [-0.15, -0.1) is 34.2 Å². The maximum absolute atomic E-state index is 4.57. The Morgan fingerprint density at radius 3 is 2.57 bits per heavy atom. The number of hydrogen-bond acceptors (Lipinski definition) is 4. The number of rotatable bonds is 8. The van der Waals surface area contributed by atoms with Crippen molar-refractivity contribution in [2.24, 2.45) is 12.0 Å². The van der Waals surface area contributed by atoms with Crippen LogP contribution >= 0.6 is 35.7 Å². The summed E-state index contributed by atoms with van der Waals surface area (Å²) >= 11 is 1.82. The summed E-state index contributed by atoms with van der Waals surface area (Å²) in [7, 11) is 1.96. The lowest BCUT2D eigenvalue weighted by Gasteiger charge is -2.11. The molecule has 0 aromatic carbocycles. The van der Waals surface area contributed by atoms with E-state index in [1.165, 1.54) is 6.42 Å². The zero-order valence-corrected chi connectivity index (χ0v) is 16.5. The van der Waals surface area contributed by atoms with Gasteiger partial charge in [0.1, 0.15) is 12.4 Å². The van der Waals surface area contributed by atoms with Gasteiger partial charge in [-0.2, -0.15) is 11.8 Å².